The summed E-state index contributed by atoms with van der Waals surface area (Å²) in [5.41, 5.74) is 0.248. The zero-order valence-electron chi connectivity index (χ0n) is 15.8. The van der Waals surface area contributed by atoms with Crippen molar-refractivity contribution in [1.29, 1.82) is 0 Å². The van der Waals surface area contributed by atoms with Gasteiger partial charge in [0.25, 0.3) is 5.91 Å². The van der Waals surface area contributed by atoms with Gasteiger partial charge in [0.1, 0.15) is 6.54 Å². The number of aryl methyl sites for hydroxylation is 1. The van der Waals surface area contributed by atoms with E-state index in [1.165, 1.54) is 31.2 Å². The number of carboxylic acids is 1. The number of aromatic nitrogens is 2. The Labute approximate surface area is 170 Å². The van der Waals surface area contributed by atoms with Crippen molar-refractivity contribution in [2.75, 3.05) is 6.54 Å². The van der Waals surface area contributed by atoms with Crippen molar-refractivity contribution >= 4 is 11.9 Å². The van der Waals surface area contributed by atoms with Crippen LogP contribution in [0.5, 0.6) is 5.75 Å². The van der Waals surface area contributed by atoms with E-state index >= 15 is 8.78 Å². The molecule has 2 aromatic carbocycles. The van der Waals surface area contributed by atoms with E-state index in [9.17, 15) is 14.7 Å². The van der Waals surface area contributed by atoms with Crippen LogP contribution in [0.4, 0.5) is 8.78 Å². The number of carboxylic acid groups (broad SMARTS) is 1. The number of nitrogens with zero attached hydrogens (tertiary/aromatic N) is 2. The Bertz CT molecular complexity index is 1090. The van der Waals surface area contributed by atoms with Gasteiger partial charge in [0.2, 0.25) is 5.82 Å². The first kappa shape index (κ1) is 20.8. The highest BCUT2D eigenvalue weighted by molar-refractivity contribution is 5.96. The fraction of sp³-hybridized carbons (Fsp3) is 0.143. The Morgan fingerprint density at radius 3 is 2.20 bits per heavy atom. The van der Waals surface area contributed by atoms with Gasteiger partial charge in [-0.05, 0) is 18.1 Å². The minimum Gasteiger partial charge on any atom is -0.504 e. The Morgan fingerprint density at radius 2 is 1.60 bits per heavy atom. The molecule has 1 amide bonds. The molecule has 30 heavy (non-hydrogen) atoms. The van der Waals surface area contributed by atoms with Crippen molar-refractivity contribution in [2.45, 2.75) is 12.8 Å². The molecule has 0 unspecified atom stereocenters. The average molecular weight is 413 g/mol. The van der Waals surface area contributed by atoms with Gasteiger partial charge < -0.3 is 15.5 Å². The second kappa shape index (κ2) is 8.24. The molecule has 0 aliphatic rings. The molecule has 0 aliphatic heterocycles. The molecule has 0 bridgehead atoms. The maximum Gasteiger partial charge on any atom is 0.331 e. The largest absolute Gasteiger partial charge is 0.504 e. The van der Waals surface area contributed by atoms with Gasteiger partial charge in [0, 0.05) is 5.56 Å². The summed E-state index contributed by atoms with van der Waals surface area (Å²) in [5.74, 6) is -7.77. The summed E-state index contributed by atoms with van der Waals surface area (Å²) >= 11 is 0. The molecule has 0 atom stereocenters. The number of halogens is 2. The number of rotatable bonds is 6. The molecule has 3 rings (SSSR count). The predicted molar refractivity (Wildman–Crippen MR) is 103 cm³/mol. The van der Waals surface area contributed by atoms with Crippen LogP contribution in [0.1, 0.15) is 27.6 Å². The number of hydrogen-bond donors (Lipinski definition) is 3. The highest BCUT2D eigenvalue weighted by Crippen LogP contribution is 2.36. The van der Waals surface area contributed by atoms with Crippen molar-refractivity contribution in [2.24, 2.45) is 0 Å². The van der Waals surface area contributed by atoms with Crippen molar-refractivity contribution in [3.63, 3.8) is 0 Å². The van der Waals surface area contributed by atoms with E-state index in [1.54, 1.807) is 0 Å². The SMILES string of the molecule is Cc1nc(C(F)(F)c2ccc(-c3ccccc3)cc2)nc(C(=O)NCC(=O)O)c1O. The lowest BCUT2D eigenvalue weighted by Crippen LogP contribution is -2.31. The lowest BCUT2D eigenvalue weighted by atomic mass is 10.0. The second-order valence-electron chi connectivity index (χ2n) is 6.42. The number of carbonyl (C=O) groups is 2. The van der Waals surface area contributed by atoms with Gasteiger partial charge in [-0.25, -0.2) is 9.97 Å². The van der Waals surface area contributed by atoms with Crippen LogP contribution >= 0.6 is 0 Å². The predicted octanol–water partition coefficient (Wildman–Crippen LogP) is 3.11. The summed E-state index contributed by atoms with van der Waals surface area (Å²) < 4.78 is 30.1. The fourth-order valence-electron chi connectivity index (χ4n) is 2.74. The van der Waals surface area contributed by atoms with Gasteiger partial charge >= 0.3 is 11.9 Å². The summed E-state index contributed by atoms with van der Waals surface area (Å²) in [6, 6.07) is 14.8. The molecule has 154 valence electrons. The number of aliphatic carboxylic acids is 1. The van der Waals surface area contributed by atoms with E-state index in [0.29, 0.717) is 0 Å². The van der Waals surface area contributed by atoms with Crippen LogP contribution in [-0.4, -0.2) is 38.6 Å². The molecule has 0 spiro atoms. The molecule has 1 heterocycles. The van der Waals surface area contributed by atoms with Crippen LogP contribution in [-0.2, 0) is 10.7 Å². The second-order valence-corrected chi connectivity index (χ2v) is 6.42. The molecule has 0 saturated carbocycles. The molecule has 0 radical (unpaired) electrons. The third-order valence-electron chi connectivity index (χ3n) is 4.31. The average Bonchev–Trinajstić information content (AvgIpc) is 2.74. The molecule has 9 heteroatoms. The topological polar surface area (TPSA) is 112 Å². The first-order chi connectivity index (χ1) is 14.2. The van der Waals surface area contributed by atoms with Gasteiger partial charge in [-0.3, -0.25) is 9.59 Å². The van der Waals surface area contributed by atoms with E-state index in [0.717, 1.165) is 11.1 Å². The third kappa shape index (κ3) is 4.24. The molecule has 1 aromatic heterocycles. The minimum atomic E-state index is -3.66. The third-order valence-corrected chi connectivity index (χ3v) is 4.31. The van der Waals surface area contributed by atoms with Crippen LogP contribution in [0, 0.1) is 6.92 Å². The smallest absolute Gasteiger partial charge is 0.331 e. The van der Waals surface area contributed by atoms with Crippen molar-refractivity contribution in [3.8, 4) is 16.9 Å². The van der Waals surface area contributed by atoms with Crippen molar-refractivity contribution < 1.29 is 28.6 Å². The monoisotopic (exact) mass is 413 g/mol. The highest BCUT2D eigenvalue weighted by atomic mass is 19.3. The van der Waals surface area contributed by atoms with Gasteiger partial charge in [0.15, 0.2) is 11.4 Å². The molecule has 0 fully saturated rings. The number of amides is 1. The van der Waals surface area contributed by atoms with E-state index in [-0.39, 0.29) is 5.69 Å². The zero-order valence-corrected chi connectivity index (χ0v) is 15.8. The Morgan fingerprint density at radius 1 is 1.00 bits per heavy atom. The van der Waals surface area contributed by atoms with Gasteiger partial charge in [-0.1, -0.05) is 54.6 Å². The number of benzene rings is 2. The maximum atomic E-state index is 15.1. The van der Waals surface area contributed by atoms with Gasteiger partial charge in [0.05, 0.1) is 5.69 Å². The van der Waals surface area contributed by atoms with Crippen LogP contribution in [0.25, 0.3) is 11.1 Å². The first-order valence-electron chi connectivity index (χ1n) is 8.82. The van der Waals surface area contributed by atoms with Gasteiger partial charge in [-0.15, -0.1) is 0 Å². The van der Waals surface area contributed by atoms with Crippen molar-refractivity contribution in [1.82, 2.24) is 15.3 Å². The lowest BCUT2D eigenvalue weighted by Gasteiger charge is -2.18. The molecular formula is C21H17F2N3O4. The molecule has 0 aliphatic carbocycles. The number of hydrogen-bond acceptors (Lipinski definition) is 5. The Balaban J connectivity index is 1.95. The minimum absolute atomic E-state index is 0.235. The lowest BCUT2D eigenvalue weighted by molar-refractivity contribution is -0.135. The summed E-state index contributed by atoms with van der Waals surface area (Å²) in [6.45, 7) is 0.483. The van der Waals surface area contributed by atoms with Crippen LogP contribution in [0.3, 0.4) is 0 Å². The molecule has 3 aromatic rings. The maximum absolute atomic E-state index is 15.1. The standard InChI is InChI=1S/C21H17F2N3O4/c1-12-18(29)17(19(30)24-11-16(27)28)26-20(25-12)21(22,23)15-9-7-14(8-10-15)13-5-3-2-4-6-13/h2-10,29H,11H2,1H3,(H,24,30)(H,27,28). The molecule has 7 nitrogen and oxygen atoms in total. The number of nitrogens with one attached hydrogen (secondary N) is 1. The first-order valence-corrected chi connectivity index (χ1v) is 8.82. The summed E-state index contributed by atoms with van der Waals surface area (Å²) in [7, 11) is 0. The normalized spacial score (nSPS) is 11.2. The number of alkyl halides is 2. The summed E-state index contributed by atoms with van der Waals surface area (Å²) in [4.78, 5) is 29.8. The van der Waals surface area contributed by atoms with E-state index in [1.807, 2.05) is 35.6 Å². The van der Waals surface area contributed by atoms with Gasteiger partial charge in [-0.2, -0.15) is 8.78 Å². The van der Waals surface area contributed by atoms with Crippen LogP contribution in [0.2, 0.25) is 0 Å². The van der Waals surface area contributed by atoms with E-state index in [2.05, 4.69) is 9.97 Å². The molecule has 3 N–H and O–H groups in total. The fourth-order valence-corrected chi connectivity index (χ4v) is 2.74. The molecule has 0 saturated heterocycles. The number of aromatic hydroxyl groups is 1. The van der Waals surface area contributed by atoms with Crippen molar-refractivity contribution in [3.05, 3.63) is 77.4 Å². The zero-order chi connectivity index (χ0) is 21.9. The Hall–Kier alpha value is -3.88. The van der Waals surface area contributed by atoms with Crippen LogP contribution in [0.15, 0.2) is 54.6 Å². The Kier molecular flexibility index (Phi) is 5.72. The summed E-state index contributed by atoms with van der Waals surface area (Å²) in [5, 5.41) is 20.6. The van der Waals surface area contributed by atoms with E-state index in [4.69, 9.17) is 5.11 Å². The van der Waals surface area contributed by atoms with E-state index < -0.39 is 47.2 Å². The number of carbonyl (C=O) groups excluding carboxylic acids is 1. The summed E-state index contributed by atoms with van der Waals surface area (Å²) in [6.07, 6.45) is 0. The highest BCUT2D eigenvalue weighted by Gasteiger charge is 2.39. The van der Waals surface area contributed by atoms with Crippen LogP contribution < -0.4 is 5.32 Å². The quantitative estimate of drug-likeness (QED) is 0.572. The molecular weight excluding hydrogens is 396 g/mol.